The van der Waals surface area contributed by atoms with Crippen molar-refractivity contribution in [3.63, 3.8) is 0 Å². The van der Waals surface area contributed by atoms with E-state index in [4.69, 9.17) is 25.9 Å². The molecule has 0 amide bonds. The Morgan fingerprint density at radius 2 is 2.22 bits per heavy atom. The number of methoxy groups -OCH3 is 1. The van der Waals surface area contributed by atoms with Crippen LogP contribution in [0.3, 0.4) is 0 Å². The van der Waals surface area contributed by atoms with Crippen molar-refractivity contribution in [3.8, 4) is 17.2 Å². The van der Waals surface area contributed by atoms with Crippen LogP contribution >= 0.6 is 11.6 Å². The lowest BCUT2D eigenvalue weighted by molar-refractivity contribution is 0.0690. The molecule has 1 N–H and O–H groups in total. The van der Waals surface area contributed by atoms with Gasteiger partial charge in [0.2, 0.25) is 5.89 Å². The van der Waals surface area contributed by atoms with Gasteiger partial charge in [-0.1, -0.05) is 11.6 Å². The maximum Gasteiger partial charge on any atom is 0.357 e. The van der Waals surface area contributed by atoms with Crippen molar-refractivity contribution < 1.29 is 19.1 Å². The van der Waals surface area contributed by atoms with Crippen molar-refractivity contribution in [2.24, 2.45) is 0 Å². The van der Waals surface area contributed by atoms with Crippen LogP contribution in [-0.4, -0.2) is 23.2 Å². The zero-order valence-corrected chi connectivity index (χ0v) is 10.5. The van der Waals surface area contributed by atoms with Crippen LogP contribution in [0.1, 0.15) is 16.1 Å². The number of carboxylic acids is 1. The second-order valence-corrected chi connectivity index (χ2v) is 4.05. The highest BCUT2D eigenvalue weighted by molar-refractivity contribution is 6.31. The number of rotatable bonds is 3. The number of carbonyl (C=O) groups is 1. The SMILES string of the molecule is COc1cc(C)c(Cl)cc1-c1nc(C(=O)O)co1. The Kier molecular flexibility index (Phi) is 3.25. The van der Waals surface area contributed by atoms with E-state index in [0.29, 0.717) is 16.3 Å². The first-order chi connectivity index (χ1) is 8.52. The van der Waals surface area contributed by atoms with Gasteiger partial charge in [-0.25, -0.2) is 9.78 Å². The minimum atomic E-state index is -1.15. The number of benzene rings is 1. The van der Waals surface area contributed by atoms with E-state index in [0.717, 1.165) is 11.8 Å². The fourth-order valence-corrected chi connectivity index (χ4v) is 1.65. The molecule has 1 heterocycles. The lowest BCUT2D eigenvalue weighted by Crippen LogP contribution is -1.96. The number of nitrogens with zero attached hydrogens (tertiary/aromatic N) is 1. The largest absolute Gasteiger partial charge is 0.496 e. The van der Waals surface area contributed by atoms with Gasteiger partial charge in [0.15, 0.2) is 5.69 Å². The zero-order chi connectivity index (χ0) is 13.3. The van der Waals surface area contributed by atoms with E-state index in [1.807, 2.05) is 6.92 Å². The molecule has 1 aromatic carbocycles. The molecule has 0 radical (unpaired) electrons. The standard InChI is InChI=1S/C12H10ClNO4/c1-6-3-10(17-2)7(4-8(6)13)11-14-9(5-18-11)12(15)16/h3-5H,1-2H3,(H,15,16). The van der Waals surface area contributed by atoms with Gasteiger partial charge in [-0.3, -0.25) is 0 Å². The molecule has 18 heavy (non-hydrogen) atoms. The number of aromatic nitrogens is 1. The molecule has 94 valence electrons. The Labute approximate surface area is 108 Å². The quantitative estimate of drug-likeness (QED) is 0.925. The molecule has 1 aromatic heterocycles. The van der Waals surface area contributed by atoms with Gasteiger partial charge in [-0.15, -0.1) is 0 Å². The average molecular weight is 268 g/mol. The first-order valence-electron chi connectivity index (χ1n) is 5.06. The minimum absolute atomic E-state index is 0.158. The minimum Gasteiger partial charge on any atom is -0.496 e. The van der Waals surface area contributed by atoms with Crippen molar-refractivity contribution in [3.05, 3.63) is 34.7 Å². The van der Waals surface area contributed by atoms with Gasteiger partial charge in [0, 0.05) is 5.02 Å². The van der Waals surface area contributed by atoms with Crippen LogP contribution in [-0.2, 0) is 0 Å². The third kappa shape index (κ3) is 2.17. The van der Waals surface area contributed by atoms with E-state index in [-0.39, 0.29) is 11.6 Å². The fraction of sp³-hybridized carbons (Fsp3) is 0.167. The number of aryl methyl sites for hydroxylation is 1. The molecule has 0 aliphatic heterocycles. The second kappa shape index (κ2) is 4.70. The molecule has 0 unspecified atom stereocenters. The molecule has 5 nitrogen and oxygen atoms in total. The predicted molar refractivity (Wildman–Crippen MR) is 65.2 cm³/mol. The monoisotopic (exact) mass is 267 g/mol. The maximum absolute atomic E-state index is 10.7. The van der Waals surface area contributed by atoms with Crippen LogP contribution in [0, 0.1) is 6.92 Å². The van der Waals surface area contributed by atoms with Crippen molar-refractivity contribution in [2.45, 2.75) is 6.92 Å². The summed E-state index contributed by atoms with van der Waals surface area (Å²) in [5.41, 5.74) is 1.20. The van der Waals surface area contributed by atoms with Gasteiger partial charge in [-0.05, 0) is 24.6 Å². The summed E-state index contributed by atoms with van der Waals surface area (Å²) in [7, 11) is 1.51. The average Bonchev–Trinajstić information content (AvgIpc) is 2.81. The van der Waals surface area contributed by atoms with E-state index in [1.165, 1.54) is 7.11 Å². The number of ether oxygens (including phenoxy) is 1. The molecular weight excluding hydrogens is 258 g/mol. The van der Waals surface area contributed by atoms with E-state index >= 15 is 0 Å². The van der Waals surface area contributed by atoms with Gasteiger partial charge < -0.3 is 14.3 Å². The molecule has 0 saturated heterocycles. The Morgan fingerprint density at radius 3 is 2.78 bits per heavy atom. The normalized spacial score (nSPS) is 10.4. The highest BCUT2D eigenvalue weighted by Crippen LogP contribution is 2.34. The summed E-state index contributed by atoms with van der Waals surface area (Å²) in [6, 6.07) is 3.37. The maximum atomic E-state index is 10.7. The van der Waals surface area contributed by atoms with Crippen LogP contribution in [0.25, 0.3) is 11.5 Å². The summed E-state index contributed by atoms with van der Waals surface area (Å²) in [6.07, 6.45) is 1.07. The number of carboxylic acid groups (broad SMARTS) is 1. The van der Waals surface area contributed by atoms with Gasteiger partial charge in [0.1, 0.15) is 12.0 Å². The molecule has 0 atom stereocenters. The molecule has 0 saturated carbocycles. The Hall–Kier alpha value is -2.01. The first kappa shape index (κ1) is 12.4. The number of halogens is 1. The number of oxazole rings is 1. The lowest BCUT2D eigenvalue weighted by Gasteiger charge is -2.07. The summed E-state index contributed by atoms with van der Waals surface area (Å²) in [4.78, 5) is 14.6. The number of hydrogen-bond acceptors (Lipinski definition) is 4. The number of aromatic carboxylic acids is 1. The summed E-state index contributed by atoms with van der Waals surface area (Å²) in [5.74, 6) is -0.469. The predicted octanol–water partition coefficient (Wildman–Crippen LogP) is 3.01. The van der Waals surface area contributed by atoms with E-state index in [9.17, 15) is 4.79 Å². The summed E-state index contributed by atoms with van der Waals surface area (Å²) in [6.45, 7) is 1.84. The zero-order valence-electron chi connectivity index (χ0n) is 9.73. The molecule has 6 heteroatoms. The van der Waals surface area contributed by atoms with Crippen molar-refractivity contribution in [1.82, 2.24) is 4.98 Å². The summed E-state index contributed by atoms with van der Waals surface area (Å²) >= 11 is 6.02. The van der Waals surface area contributed by atoms with Crippen LogP contribution in [0.2, 0.25) is 5.02 Å². The topological polar surface area (TPSA) is 72.6 Å². The van der Waals surface area contributed by atoms with Crippen molar-refractivity contribution in [1.29, 1.82) is 0 Å². The van der Waals surface area contributed by atoms with E-state index < -0.39 is 5.97 Å². The highest BCUT2D eigenvalue weighted by Gasteiger charge is 2.16. The van der Waals surface area contributed by atoms with E-state index in [2.05, 4.69) is 4.98 Å². The Balaban J connectivity index is 2.55. The van der Waals surface area contributed by atoms with E-state index in [1.54, 1.807) is 12.1 Å². The molecule has 0 aliphatic carbocycles. The highest BCUT2D eigenvalue weighted by atomic mass is 35.5. The fourth-order valence-electron chi connectivity index (χ4n) is 1.49. The van der Waals surface area contributed by atoms with Crippen molar-refractivity contribution in [2.75, 3.05) is 7.11 Å². The van der Waals surface area contributed by atoms with Gasteiger partial charge >= 0.3 is 5.97 Å². The Morgan fingerprint density at radius 1 is 1.50 bits per heavy atom. The summed E-state index contributed by atoms with van der Waals surface area (Å²) in [5, 5.41) is 9.32. The Bertz CT molecular complexity index is 606. The lowest BCUT2D eigenvalue weighted by atomic mass is 10.1. The molecule has 2 rings (SSSR count). The van der Waals surface area contributed by atoms with Crippen LogP contribution < -0.4 is 4.74 Å². The third-order valence-corrected chi connectivity index (χ3v) is 2.84. The molecule has 2 aromatic rings. The smallest absolute Gasteiger partial charge is 0.357 e. The van der Waals surface area contributed by atoms with Crippen molar-refractivity contribution >= 4 is 17.6 Å². The number of hydrogen-bond donors (Lipinski definition) is 1. The second-order valence-electron chi connectivity index (χ2n) is 3.64. The third-order valence-electron chi connectivity index (χ3n) is 2.43. The van der Waals surface area contributed by atoms with Gasteiger partial charge in [0.25, 0.3) is 0 Å². The molecule has 0 aliphatic rings. The first-order valence-corrected chi connectivity index (χ1v) is 5.44. The van der Waals surface area contributed by atoms with Crippen LogP contribution in [0.4, 0.5) is 0 Å². The molecule has 0 spiro atoms. The van der Waals surface area contributed by atoms with Crippen LogP contribution in [0.5, 0.6) is 5.75 Å². The van der Waals surface area contributed by atoms with Crippen LogP contribution in [0.15, 0.2) is 22.8 Å². The molecular formula is C12H10ClNO4. The summed E-state index contributed by atoms with van der Waals surface area (Å²) < 4.78 is 10.3. The van der Waals surface area contributed by atoms with Gasteiger partial charge in [0.05, 0.1) is 12.7 Å². The van der Waals surface area contributed by atoms with Gasteiger partial charge in [-0.2, -0.15) is 0 Å². The molecule has 0 fully saturated rings. The molecule has 0 bridgehead atoms.